The number of likely N-dealkylation sites (tertiary alicyclic amines) is 1. The van der Waals surface area contributed by atoms with Gasteiger partial charge in [0.15, 0.2) is 0 Å². The van der Waals surface area contributed by atoms with Gasteiger partial charge in [0.05, 0.1) is 0 Å². The van der Waals surface area contributed by atoms with E-state index in [9.17, 15) is 9.59 Å². The highest BCUT2D eigenvalue weighted by Crippen LogP contribution is 2.29. The smallest absolute Gasteiger partial charge is 0.245 e. The van der Waals surface area contributed by atoms with Crippen molar-refractivity contribution in [2.24, 2.45) is 5.92 Å². The Morgan fingerprint density at radius 2 is 1.71 bits per heavy atom. The van der Waals surface area contributed by atoms with Crippen LogP contribution in [0.2, 0.25) is 5.02 Å². The molecular weight excluding hydrogens is 408 g/mol. The van der Waals surface area contributed by atoms with E-state index in [1.807, 2.05) is 54.3 Å². The molecule has 1 aliphatic rings. The van der Waals surface area contributed by atoms with Crippen molar-refractivity contribution in [1.82, 2.24) is 10.2 Å². The molecule has 2 atom stereocenters. The number of halogens is 1. The molecule has 1 N–H and O–H groups in total. The number of nitrogens with zero attached hydrogens (tertiary/aromatic N) is 1. The van der Waals surface area contributed by atoms with Crippen LogP contribution < -0.4 is 5.32 Å². The molecule has 31 heavy (non-hydrogen) atoms. The maximum Gasteiger partial charge on any atom is 0.245 e. The maximum absolute atomic E-state index is 13.3. The van der Waals surface area contributed by atoms with Gasteiger partial charge in [0.2, 0.25) is 11.8 Å². The van der Waals surface area contributed by atoms with E-state index in [0.29, 0.717) is 18.8 Å². The van der Waals surface area contributed by atoms with Gasteiger partial charge in [-0.15, -0.1) is 0 Å². The van der Waals surface area contributed by atoms with Crippen LogP contribution >= 0.6 is 11.6 Å². The Bertz CT molecular complexity index is 845. The predicted molar refractivity (Wildman–Crippen MR) is 126 cm³/mol. The zero-order valence-corrected chi connectivity index (χ0v) is 19.3. The first kappa shape index (κ1) is 23.3. The van der Waals surface area contributed by atoms with Crippen LogP contribution in [0, 0.1) is 5.92 Å². The van der Waals surface area contributed by atoms with Gasteiger partial charge >= 0.3 is 0 Å². The van der Waals surface area contributed by atoms with Crippen LogP contribution in [0.1, 0.15) is 56.6 Å². The number of aryl methyl sites for hydroxylation is 1. The Kier molecular flexibility index (Phi) is 8.53. The second-order valence-corrected chi connectivity index (χ2v) is 9.00. The molecule has 0 aliphatic carbocycles. The molecule has 0 bridgehead atoms. The number of hydrogen-bond acceptors (Lipinski definition) is 2. The van der Waals surface area contributed by atoms with Gasteiger partial charge in [-0.3, -0.25) is 9.59 Å². The SMILES string of the molecule is CC[C@H](C)[C@@H](NC(=O)CCc1ccccc1)C(=O)N1CCC(c2ccc(Cl)cc2)CC1. The number of nitrogens with one attached hydrogen (secondary N) is 1. The molecule has 1 heterocycles. The molecule has 0 spiro atoms. The number of amides is 2. The van der Waals surface area contributed by atoms with E-state index in [0.717, 1.165) is 42.9 Å². The average molecular weight is 441 g/mol. The topological polar surface area (TPSA) is 49.4 Å². The number of benzene rings is 2. The van der Waals surface area contributed by atoms with E-state index in [-0.39, 0.29) is 17.7 Å². The normalized spacial score (nSPS) is 16.5. The van der Waals surface area contributed by atoms with Gasteiger partial charge in [-0.2, -0.15) is 0 Å². The molecule has 0 radical (unpaired) electrons. The van der Waals surface area contributed by atoms with Gasteiger partial charge in [0.25, 0.3) is 0 Å². The van der Waals surface area contributed by atoms with E-state index in [1.54, 1.807) is 0 Å². The van der Waals surface area contributed by atoms with Gasteiger partial charge in [-0.25, -0.2) is 0 Å². The molecule has 5 heteroatoms. The molecule has 3 rings (SSSR count). The van der Waals surface area contributed by atoms with Crippen LogP contribution in [-0.2, 0) is 16.0 Å². The number of carbonyl (C=O) groups is 2. The highest BCUT2D eigenvalue weighted by Gasteiger charge is 2.32. The average Bonchev–Trinajstić information content (AvgIpc) is 2.81. The summed E-state index contributed by atoms with van der Waals surface area (Å²) in [6.07, 6.45) is 3.78. The minimum atomic E-state index is -0.458. The lowest BCUT2D eigenvalue weighted by molar-refractivity contribution is -0.138. The fraction of sp³-hybridized carbons (Fsp3) is 0.462. The summed E-state index contributed by atoms with van der Waals surface area (Å²) in [4.78, 5) is 27.8. The van der Waals surface area contributed by atoms with Crippen LogP contribution in [-0.4, -0.2) is 35.8 Å². The molecule has 0 unspecified atom stereocenters. The number of rotatable bonds is 8. The first-order valence-corrected chi connectivity index (χ1v) is 11.7. The minimum absolute atomic E-state index is 0.0527. The van der Waals surface area contributed by atoms with Crippen LogP contribution in [0.3, 0.4) is 0 Å². The molecule has 1 saturated heterocycles. The van der Waals surface area contributed by atoms with Crippen molar-refractivity contribution in [3.63, 3.8) is 0 Å². The standard InChI is InChI=1S/C26H33ClN2O2/c1-3-19(2)25(28-24(30)14-9-20-7-5-4-6-8-20)26(31)29-17-15-22(16-18-29)21-10-12-23(27)13-11-21/h4-8,10-13,19,22,25H,3,9,14-18H2,1-2H3,(H,28,30)/t19-,25+/m0/s1. The zero-order valence-electron chi connectivity index (χ0n) is 18.5. The van der Waals surface area contributed by atoms with Crippen molar-refractivity contribution in [3.8, 4) is 0 Å². The number of hydrogen-bond donors (Lipinski definition) is 1. The molecule has 2 aromatic carbocycles. The van der Waals surface area contributed by atoms with Gasteiger partial charge in [0, 0.05) is 24.5 Å². The predicted octanol–water partition coefficient (Wildman–Crippen LogP) is 5.21. The van der Waals surface area contributed by atoms with Crippen molar-refractivity contribution in [3.05, 3.63) is 70.7 Å². The number of carbonyl (C=O) groups excluding carboxylic acids is 2. The lowest BCUT2D eigenvalue weighted by atomic mass is 9.88. The maximum atomic E-state index is 13.3. The molecule has 1 fully saturated rings. The van der Waals surface area contributed by atoms with E-state index >= 15 is 0 Å². The van der Waals surface area contributed by atoms with Crippen molar-refractivity contribution < 1.29 is 9.59 Å². The van der Waals surface area contributed by atoms with E-state index in [1.165, 1.54) is 5.56 Å². The Balaban J connectivity index is 1.55. The summed E-state index contributed by atoms with van der Waals surface area (Å²) in [5.41, 5.74) is 2.41. The Labute approximate surface area is 191 Å². The zero-order chi connectivity index (χ0) is 22.2. The van der Waals surface area contributed by atoms with Crippen LogP contribution in [0.5, 0.6) is 0 Å². The first-order valence-electron chi connectivity index (χ1n) is 11.4. The van der Waals surface area contributed by atoms with Gasteiger partial charge < -0.3 is 10.2 Å². The Morgan fingerprint density at radius 1 is 1.06 bits per heavy atom. The van der Waals surface area contributed by atoms with Crippen LogP contribution in [0.4, 0.5) is 0 Å². The molecule has 2 amide bonds. The summed E-state index contributed by atoms with van der Waals surface area (Å²) in [6.45, 7) is 5.55. The van der Waals surface area contributed by atoms with E-state index in [2.05, 4.69) is 24.4 Å². The van der Waals surface area contributed by atoms with Crippen LogP contribution in [0.15, 0.2) is 54.6 Å². The minimum Gasteiger partial charge on any atom is -0.344 e. The van der Waals surface area contributed by atoms with E-state index in [4.69, 9.17) is 11.6 Å². The first-order chi connectivity index (χ1) is 15.0. The lowest BCUT2D eigenvalue weighted by Crippen LogP contribution is -2.53. The molecular formula is C26H33ClN2O2. The van der Waals surface area contributed by atoms with Crippen molar-refractivity contribution in [2.75, 3.05) is 13.1 Å². The second kappa shape index (κ2) is 11.3. The quantitative estimate of drug-likeness (QED) is 0.612. The summed E-state index contributed by atoms with van der Waals surface area (Å²) >= 11 is 6.00. The third kappa shape index (κ3) is 6.57. The van der Waals surface area contributed by atoms with Gasteiger partial charge in [0.1, 0.15) is 6.04 Å². The fourth-order valence-corrected chi connectivity index (χ4v) is 4.32. The van der Waals surface area contributed by atoms with E-state index < -0.39 is 6.04 Å². The van der Waals surface area contributed by atoms with Crippen molar-refractivity contribution in [2.45, 2.75) is 57.9 Å². The molecule has 166 valence electrons. The van der Waals surface area contributed by atoms with Gasteiger partial charge in [-0.05, 0) is 54.4 Å². The number of piperidine rings is 1. The summed E-state index contributed by atoms with van der Waals surface area (Å²) in [5.74, 6) is 0.543. The highest BCUT2D eigenvalue weighted by atomic mass is 35.5. The lowest BCUT2D eigenvalue weighted by Gasteiger charge is -2.36. The largest absolute Gasteiger partial charge is 0.344 e. The third-order valence-electron chi connectivity index (χ3n) is 6.43. The third-order valence-corrected chi connectivity index (χ3v) is 6.68. The summed E-state index contributed by atoms with van der Waals surface area (Å²) in [6, 6.07) is 17.5. The van der Waals surface area contributed by atoms with Gasteiger partial charge in [-0.1, -0.05) is 74.3 Å². The second-order valence-electron chi connectivity index (χ2n) is 8.57. The summed E-state index contributed by atoms with van der Waals surface area (Å²) in [5, 5.41) is 3.79. The molecule has 2 aromatic rings. The summed E-state index contributed by atoms with van der Waals surface area (Å²) < 4.78 is 0. The van der Waals surface area contributed by atoms with Crippen molar-refractivity contribution >= 4 is 23.4 Å². The Hall–Kier alpha value is -2.33. The summed E-state index contributed by atoms with van der Waals surface area (Å²) in [7, 11) is 0. The molecule has 0 saturated carbocycles. The molecule has 1 aliphatic heterocycles. The molecule has 4 nitrogen and oxygen atoms in total. The Morgan fingerprint density at radius 3 is 2.32 bits per heavy atom. The monoisotopic (exact) mass is 440 g/mol. The molecule has 0 aromatic heterocycles. The van der Waals surface area contributed by atoms with Crippen LogP contribution in [0.25, 0.3) is 0 Å². The fourth-order valence-electron chi connectivity index (χ4n) is 4.20. The van der Waals surface area contributed by atoms with Crippen molar-refractivity contribution in [1.29, 1.82) is 0 Å². The highest BCUT2D eigenvalue weighted by molar-refractivity contribution is 6.30.